The maximum absolute atomic E-state index is 13.2. The molecule has 0 radical (unpaired) electrons. The number of imide groups is 1. The first-order chi connectivity index (χ1) is 22.1. The van der Waals surface area contributed by atoms with Crippen LogP contribution in [0.5, 0.6) is 0 Å². The summed E-state index contributed by atoms with van der Waals surface area (Å²) in [6.07, 6.45) is 2.21. The lowest BCUT2D eigenvalue weighted by Gasteiger charge is -2.27. The van der Waals surface area contributed by atoms with Gasteiger partial charge in [0.2, 0.25) is 11.8 Å². The van der Waals surface area contributed by atoms with Crippen molar-refractivity contribution in [2.45, 2.75) is 52.1 Å². The van der Waals surface area contributed by atoms with Crippen LogP contribution >= 0.6 is 22.9 Å². The largest absolute Gasteiger partial charge is 0.442 e. The molecule has 0 aliphatic carbocycles. The molecule has 1 unspecified atom stereocenters. The van der Waals surface area contributed by atoms with Crippen molar-refractivity contribution in [2.24, 2.45) is 11.5 Å². The summed E-state index contributed by atoms with van der Waals surface area (Å²) < 4.78 is 11.1. The summed E-state index contributed by atoms with van der Waals surface area (Å²) in [6, 6.07) is 10.1. The van der Waals surface area contributed by atoms with Gasteiger partial charge in [0.15, 0.2) is 0 Å². The normalized spacial score (nSPS) is 15.7. The van der Waals surface area contributed by atoms with E-state index in [0.29, 0.717) is 53.1 Å². The molecule has 0 saturated carbocycles. The molecule has 15 heteroatoms. The van der Waals surface area contributed by atoms with Gasteiger partial charge in [0.05, 0.1) is 28.9 Å². The van der Waals surface area contributed by atoms with Crippen LogP contribution in [0.1, 0.15) is 55.6 Å². The molecule has 13 nitrogen and oxygen atoms in total. The van der Waals surface area contributed by atoms with Gasteiger partial charge in [-0.3, -0.25) is 29.0 Å². The fourth-order valence-corrected chi connectivity index (χ4v) is 5.49. The quantitative estimate of drug-likeness (QED) is 0.284. The number of rotatable bonds is 12. The van der Waals surface area contributed by atoms with E-state index in [9.17, 15) is 24.0 Å². The topological polar surface area (TPSA) is 178 Å². The Hall–Kier alpha value is -3.56. The minimum atomic E-state index is -0.735. The molecule has 1 atom stereocenters. The molecule has 2 saturated heterocycles. The Labute approximate surface area is 279 Å². The molecule has 46 heavy (non-hydrogen) atoms. The van der Waals surface area contributed by atoms with E-state index >= 15 is 0 Å². The maximum atomic E-state index is 13.2. The first kappa shape index (κ1) is 38.6. The lowest BCUT2D eigenvalue weighted by molar-refractivity contribution is -0.129. The highest BCUT2D eigenvalue weighted by Gasteiger charge is 2.36. The number of nitrogens with zero attached hydrogens (tertiary/aromatic N) is 3. The molecule has 1 aromatic carbocycles. The van der Waals surface area contributed by atoms with Gasteiger partial charge < -0.3 is 31.2 Å². The number of halogens is 1. The second-order valence-electron chi connectivity index (χ2n) is 10.2. The molecular weight excluding hydrogens is 636 g/mol. The summed E-state index contributed by atoms with van der Waals surface area (Å²) in [7, 11) is 1.50. The van der Waals surface area contributed by atoms with Crippen molar-refractivity contribution in [1.82, 2.24) is 10.2 Å². The summed E-state index contributed by atoms with van der Waals surface area (Å²) in [4.78, 5) is 66.6. The van der Waals surface area contributed by atoms with Crippen molar-refractivity contribution >= 4 is 64.0 Å². The molecule has 2 aliphatic rings. The molecule has 2 aromatic rings. The number of cyclic esters (lactones) is 1. The average Bonchev–Trinajstić information content (AvgIpc) is 3.66. The van der Waals surface area contributed by atoms with Gasteiger partial charge in [-0.15, -0.1) is 11.3 Å². The number of carbonyl (C=O) groups excluding carboxylic acids is 5. The van der Waals surface area contributed by atoms with Gasteiger partial charge in [-0.05, 0) is 69.3 Å². The highest BCUT2D eigenvalue weighted by molar-refractivity contribution is 7.18. The number of hydrogen-bond acceptors (Lipinski definition) is 10. The molecular formula is C31H45ClN6O7S. The molecule has 2 aliphatic heterocycles. The molecule has 5 N–H and O–H groups in total. The molecule has 1 aromatic heterocycles. The Bertz CT molecular complexity index is 1290. The van der Waals surface area contributed by atoms with E-state index in [4.69, 9.17) is 26.8 Å². The van der Waals surface area contributed by atoms with Gasteiger partial charge in [-0.2, -0.15) is 0 Å². The van der Waals surface area contributed by atoms with Crippen molar-refractivity contribution in [2.75, 3.05) is 62.8 Å². The van der Waals surface area contributed by atoms with Crippen LogP contribution in [0.2, 0.25) is 4.34 Å². The predicted molar refractivity (Wildman–Crippen MR) is 179 cm³/mol. The Morgan fingerprint density at radius 3 is 2.26 bits per heavy atom. The van der Waals surface area contributed by atoms with Crippen LogP contribution < -0.4 is 26.6 Å². The standard InChI is InChI=1S/C26H29ClN4O7S.C4H11N.CH5N/c1-17(32)28-11-3-2-4-23(33)31(25(35)21-9-10-22(27)39-21)15-20-14-30(26(36)38-20)19-7-5-18(6-8-19)29-12-13-37-16-24(29)34;1-2-3-4-5;1-2/h5-10,20H,2-4,11-16H2,1H3,(H,28,32);2-5H2,1H3;2H2,1H3. The van der Waals surface area contributed by atoms with Crippen LogP contribution in [0.3, 0.4) is 0 Å². The number of nitrogens with one attached hydrogen (secondary N) is 1. The second kappa shape index (κ2) is 20.5. The molecule has 5 amide bonds. The number of carbonyl (C=O) groups is 5. The minimum absolute atomic E-state index is 0.0306. The Morgan fingerprint density at radius 1 is 1.04 bits per heavy atom. The Kier molecular flexibility index (Phi) is 17.2. The third kappa shape index (κ3) is 12.0. The summed E-state index contributed by atoms with van der Waals surface area (Å²) >= 11 is 7.07. The van der Waals surface area contributed by atoms with Gasteiger partial charge in [-0.25, -0.2) is 4.79 Å². The lowest BCUT2D eigenvalue weighted by Crippen LogP contribution is -2.43. The fourth-order valence-electron chi connectivity index (χ4n) is 4.50. The monoisotopic (exact) mass is 680 g/mol. The molecule has 0 bridgehead atoms. The summed E-state index contributed by atoms with van der Waals surface area (Å²) in [6.45, 7) is 5.79. The van der Waals surface area contributed by atoms with Gasteiger partial charge in [0.25, 0.3) is 11.8 Å². The lowest BCUT2D eigenvalue weighted by atomic mass is 10.2. The van der Waals surface area contributed by atoms with E-state index < -0.39 is 24.0 Å². The predicted octanol–water partition coefficient (Wildman–Crippen LogP) is 3.39. The first-order valence-electron chi connectivity index (χ1n) is 15.2. The zero-order valence-corrected chi connectivity index (χ0v) is 28.2. The summed E-state index contributed by atoms with van der Waals surface area (Å²) in [5, 5.41) is 2.68. The highest BCUT2D eigenvalue weighted by atomic mass is 35.5. The summed E-state index contributed by atoms with van der Waals surface area (Å²) in [5.41, 5.74) is 10.9. The van der Waals surface area contributed by atoms with Crippen molar-refractivity contribution in [3.63, 3.8) is 0 Å². The second-order valence-corrected chi connectivity index (χ2v) is 11.9. The third-order valence-corrected chi connectivity index (χ3v) is 8.02. The van der Waals surface area contributed by atoms with Gasteiger partial charge in [0.1, 0.15) is 12.7 Å². The van der Waals surface area contributed by atoms with E-state index in [2.05, 4.69) is 18.0 Å². The van der Waals surface area contributed by atoms with E-state index in [1.807, 2.05) is 0 Å². The zero-order chi connectivity index (χ0) is 34.1. The van der Waals surface area contributed by atoms with Crippen molar-refractivity contribution in [3.8, 4) is 0 Å². The number of benzene rings is 1. The van der Waals surface area contributed by atoms with Crippen molar-refractivity contribution < 1.29 is 33.4 Å². The highest BCUT2D eigenvalue weighted by Crippen LogP contribution is 2.27. The van der Waals surface area contributed by atoms with Crippen molar-refractivity contribution in [1.29, 1.82) is 0 Å². The molecule has 254 valence electrons. The fraction of sp³-hybridized carbons (Fsp3) is 0.516. The van der Waals surface area contributed by atoms with Crippen LogP contribution in [0.15, 0.2) is 36.4 Å². The molecule has 0 spiro atoms. The van der Waals surface area contributed by atoms with Crippen LogP contribution in [-0.2, 0) is 23.9 Å². The number of anilines is 2. The number of morpholine rings is 1. The number of nitrogens with two attached hydrogens (primary N) is 2. The number of ether oxygens (including phenoxy) is 2. The SMILES string of the molecule is CC(=O)NCCCCC(=O)N(CC1CN(c2ccc(N3CCOCC3=O)cc2)C(=O)O1)C(=O)c1ccc(Cl)s1.CCCCN.CN. The van der Waals surface area contributed by atoms with Gasteiger partial charge in [0, 0.05) is 37.8 Å². The smallest absolute Gasteiger partial charge is 0.414 e. The Balaban J connectivity index is 0.000000959. The average molecular weight is 681 g/mol. The number of hydrogen-bond donors (Lipinski definition) is 3. The number of thiophene rings is 1. The van der Waals surface area contributed by atoms with Gasteiger partial charge >= 0.3 is 6.09 Å². The van der Waals surface area contributed by atoms with E-state index in [-0.39, 0.29) is 37.9 Å². The number of unbranched alkanes of at least 4 members (excludes halogenated alkanes) is 2. The molecule has 3 heterocycles. The van der Waals surface area contributed by atoms with Crippen molar-refractivity contribution in [3.05, 3.63) is 45.6 Å². The first-order valence-corrected chi connectivity index (χ1v) is 16.4. The van der Waals surface area contributed by atoms with E-state index in [0.717, 1.165) is 22.8 Å². The Morgan fingerprint density at radius 2 is 1.72 bits per heavy atom. The molecule has 4 rings (SSSR count). The van der Waals surface area contributed by atoms with Crippen LogP contribution in [0.25, 0.3) is 0 Å². The minimum Gasteiger partial charge on any atom is -0.442 e. The molecule has 2 fully saturated rings. The van der Waals surface area contributed by atoms with E-state index in [1.165, 1.54) is 31.7 Å². The van der Waals surface area contributed by atoms with Crippen LogP contribution in [0.4, 0.5) is 16.2 Å². The zero-order valence-electron chi connectivity index (χ0n) is 26.7. The third-order valence-electron chi connectivity index (χ3n) is 6.80. The number of amides is 5. The van der Waals surface area contributed by atoms with E-state index in [1.54, 1.807) is 41.3 Å². The van der Waals surface area contributed by atoms with Gasteiger partial charge in [-0.1, -0.05) is 24.9 Å². The van der Waals surface area contributed by atoms with Crippen LogP contribution in [-0.4, -0.2) is 93.7 Å². The maximum Gasteiger partial charge on any atom is 0.414 e. The summed E-state index contributed by atoms with van der Waals surface area (Å²) in [5.74, 6) is -1.19. The van der Waals surface area contributed by atoms with Crippen LogP contribution in [0, 0.1) is 0 Å².